The van der Waals surface area contributed by atoms with Crippen LogP contribution in [0, 0.1) is 5.92 Å². The van der Waals surface area contributed by atoms with Gasteiger partial charge in [-0.05, 0) is 24.8 Å². The van der Waals surface area contributed by atoms with Crippen LogP contribution < -0.4 is 11.1 Å². The van der Waals surface area contributed by atoms with Crippen LogP contribution in [0.25, 0.3) is 0 Å². The zero-order chi connectivity index (χ0) is 12.8. The Morgan fingerprint density at radius 2 is 2.17 bits per heavy atom. The first-order chi connectivity index (χ1) is 8.81. The first-order valence-corrected chi connectivity index (χ1v) is 6.88. The van der Waals surface area contributed by atoms with Gasteiger partial charge in [0.25, 0.3) is 0 Å². The molecule has 3 atom stereocenters. The lowest BCUT2D eigenvalue weighted by molar-refractivity contribution is 0.105. The van der Waals surface area contributed by atoms with E-state index in [-0.39, 0.29) is 0 Å². The molecule has 3 unspecified atom stereocenters. The smallest absolute Gasteiger partial charge is 0.0588 e. The van der Waals surface area contributed by atoms with Crippen molar-refractivity contribution in [2.45, 2.75) is 25.4 Å². The Kier molecular flexibility index (Phi) is 5.17. The minimum atomic E-state index is 0.394. The lowest BCUT2D eigenvalue weighted by Gasteiger charge is -2.19. The van der Waals surface area contributed by atoms with E-state index in [9.17, 15) is 0 Å². The van der Waals surface area contributed by atoms with Gasteiger partial charge in [0.2, 0.25) is 0 Å². The maximum atomic E-state index is 5.86. The summed E-state index contributed by atoms with van der Waals surface area (Å²) < 4.78 is 5.57. The van der Waals surface area contributed by atoms with E-state index in [2.05, 4.69) is 36.5 Å². The van der Waals surface area contributed by atoms with E-state index in [1.54, 1.807) is 0 Å². The Labute approximate surface area is 110 Å². The summed E-state index contributed by atoms with van der Waals surface area (Å²) >= 11 is 0. The van der Waals surface area contributed by atoms with E-state index < -0.39 is 0 Å². The molecule has 1 aliphatic heterocycles. The molecular formula is C15H24N2O. The monoisotopic (exact) mass is 248 g/mol. The van der Waals surface area contributed by atoms with Crippen molar-refractivity contribution in [3.8, 4) is 0 Å². The zero-order valence-electron chi connectivity index (χ0n) is 11.1. The van der Waals surface area contributed by atoms with Gasteiger partial charge in [0, 0.05) is 32.2 Å². The van der Waals surface area contributed by atoms with Gasteiger partial charge in [-0.25, -0.2) is 0 Å². The summed E-state index contributed by atoms with van der Waals surface area (Å²) in [5.74, 6) is 1.06. The second-order valence-corrected chi connectivity index (χ2v) is 5.13. The maximum absolute atomic E-state index is 5.86. The summed E-state index contributed by atoms with van der Waals surface area (Å²) in [5, 5.41) is 3.55. The molecule has 1 aromatic rings. The summed E-state index contributed by atoms with van der Waals surface area (Å²) in [6.45, 7) is 5.74. The molecule has 0 spiro atoms. The normalized spacial score (nSPS) is 25.2. The van der Waals surface area contributed by atoms with Crippen LogP contribution in [0.15, 0.2) is 30.3 Å². The first kappa shape index (κ1) is 13.5. The molecule has 0 aromatic heterocycles. The van der Waals surface area contributed by atoms with Gasteiger partial charge >= 0.3 is 0 Å². The number of hydrogen-bond donors (Lipinski definition) is 2. The van der Waals surface area contributed by atoms with Crippen molar-refractivity contribution >= 4 is 0 Å². The van der Waals surface area contributed by atoms with Crippen molar-refractivity contribution in [3.05, 3.63) is 35.9 Å². The molecule has 2 rings (SSSR count). The molecule has 1 aliphatic rings. The molecule has 0 amide bonds. The van der Waals surface area contributed by atoms with Crippen LogP contribution in [0.4, 0.5) is 0 Å². The molecule has 1 heterocycles. The molecule has 1 fully saturated rings. The second-order valence-electron chi connectivity index (χ2n) is 5.13. The molecule has 1 aromatic carbocycles. The van der Waals surface area contributed by atoms with E-state index in [0.29, 0.717) is 24.5 Å². The molecule has 3 nitrogen and oxygen atoms in total. The number of hydrogen-bond acceptors (Lipinski definition) is 3. The summed E-state index contributed by atoms with van der Waals surface area (Å²) in [6, 6.07) is 10.5. The summed E-state index contributed by atoms with van der Waals surface area (Å²) in [5.41, 5.74) is 7.18. The van der Waals surface area contributed by atoms with Crippen molar-refractivity contribution < 1.29 is 4.74 Å². The van der Waals surface area contributed by atoms with E-state index in [4.69, 9.17) is 10.5 Å². The molecule has 3 heteroatoms. The average molecular weight is 248 g/mol. The van der Waals surface area contributed by atoms with Gasteiger partial charge in [-0.1, -0.05) is 30.3 Å². The number of nitrogens with two attached hydrogens (primary N) is 1. The standard InChI is InChI=1S/C15H24N2O/c1-12-14(7-8-18-12)10-17-11-15(9-16)13-5-3-2-4-6-13/h2-6,12,14-15,17H,7-11,16H2,1H3. The average Bonchev–Trinajstić information content (AvgIpc) is 2.81. The second kappa shape index (κ2) is 6.88. The fourth-order valence-corrected chi connectivity index (χ4v) is 2.55. The Morgan fingerprint density at radius 3 is 2.78 bits per heavy atom. The molecule has 100 valence electrons. The van der Waals surface area contributed by atoms with Crippen molar-refractivity contribution in [1.29, 1.82) is 0 Å². The number of nitrogens with one attached hydrogen (secondary N) is 1. The summed E-state index contributed by atoms with van der Waals surface area (Å²) in [4.78, 5) is 0. The highest BCUT2D eigenvalue weighted by atomic mass is 16.5. The largest absolute Gasteiger partial charge is 0.378 e. The molecule has 0 aliphatic carbocycles. The van der Waals surface area contributed by atoms with E-state index in [1.165, 1.54) is 12.0 Å². The van der Waals surface area contributed by atoms with Crippen LogP contribution in [-0.2, 0) is 4.74 Å². The van der Waals surface area contributed by atoms with Crippen LogP contribution in [0.3, 0.4) is 0 Å². The van der Waals surface area contributed by atoms with Crippen molar-refractivity contribution in [2.75, 3.05) is 26.2 Å². The lowest BCUT2D eigenvalue weighted by atomic mass is 9.98. The maximum Gasteiger partial charge on any atom is 0.0588 e. The van der Waals surface area contributed by atoms with Crippen molar-refractivity contribution in [1.82, 2.24) is 5.32 Å². The van der Waals surface area contributed by atoms with E-state index in [1.807, 2.05) is 6.07 Å². The van der Waals surface area contributed by atoms with Crippen LogP contribution in [0.2, 0.25) is 0 Å². The van der Waals surface area contributed by atoms with Gasteiger partial charge < -0.3 is 15.8 Å². The molecule has 0 bridgehead atoms. The third-order valence-electron chi connectivity index (χ3n) is 3.89. The van der Waals surface area contributed by atoms with Crippen LogP contribution in [0.5, 0.6) is 0 Å². The number of benzene rings is 1. The Morgan fingerprint density at radius 1 is 1.39 bits per heavy atom. The Bertz CT molecular complexity index is 342. The van der Waals surface area contributed by atoms with Gasteiger partial charge in [0.15, 0.2) is 0 Å². The van der Waals surface area contributed by atoms with Crippen LogP contribution in [0.1, 0.15) is 24.8 Å². The molecule has 18 heavy (non-hydrogen) atoms. The SMILES string of the molecule is CC1OCCC1CNCC(CN)c1ccccc1. The highest BCUT2D eigenvalue weighted by molar-refractivity contribution is 5.20. The highest BCUT2D eigenvalue weighted by Crippen LogP contribution is 2.20. The molecular weight excluding hydrogens is 224 g/mol. The molecule has 0 saturated carbocycles. The number of rotatable bonds is 6. The van der Waals surface area contributed by atoms with Gasteiger partial charge in [-0.3, -0.25) is 0 Å². The summed E-state index contributed by atoms with van der Waals surface area (Å²) in [7, 11) is 0. The van der Waals surface area contributed by atoms with E-state index in [0.717, 1.165) is 19.7 Å². The fraction of sp³-hybridized carbons (Fsp3) is 0.600. The predicted molar refractivity (Wildman–Crippen MR) is 74.6 cm³/mol. The molecule has 3 N–H and O–H groups in total. The van der Waals surface area contributed by atoms with Crippen molar-refractivity contribution in [2.24, 2.45) is 11.7 Å². The van der Waals surface area contributed by atoms with Crippen LogP contribution >= 0.6 is 0 Å². The van der Waals surface area contributed by atoms with Gasteiger partial charge in [0.05, 0.1) is 6.10 Å². The first-order valence-electron chi connectivity index (χ1n) is 6.88. The topological polar surface area (TPSA) is 47.3 Å². The highest BCUT2D eigenvalue weighted by Gasteiger charge is 2.23. The zero-order valence-corrected chi connectivity index (χ0v) is 11.1. The van der Waals surface area contributed by atoms with E-state index >= 15 is 0 Å². The number of ether oxygens (including phenoxy) is 1. The Balaban J connectivity index is 1.77. The summed E-state index contributed by atoms with van der Waals surface area (Å²) in [6.07, 6.45) is 1.57. The van der Waals surface area contributed by atoms with Gasteiger partial charge in [-0.2, -0.15) is 0 Å². The lowest BCUT2D eigenvalue weighted by Crippen LogP contribution is -2.32. The van der Waals surface area contributed by atoms with Gasteiger partial charge in [-0.15, -0.1) is 0 Å². The fourth-order valence-electron chi connectivity index (χ4n) is 2.55. The predicted octanol–water partition coefficient (Wildman–Crippen LogP) is 1.74. The van der Waals surface area contributed by atoms with Crippen molar-refractivity contribution in [3.63, 3.8) is 0 Å². The third-order valence-corrected chi connectivity index (χ3v) is 3.89. The quantitative estimate of drug-likeness (QED) is 0.806. The van der Waals surface area contributed by atoms with Crippen LogP contribution in [-0.4, -0.2) is 32.3 Å². The minimum absolute atomic E-state index is 0.394. The molecule has 1 saturated heterocycles. The minimum Gasteiger partial charge on any atom is -0.378 e. The Hall–Kier alpha value is -0.900. The third kappa shape index (κ3) is 3.55. The molecule has 0 radical (unpaired) electrons. The van der Waals surface area contributed by atoms with Gasteiger partial charge in [0.1, 0.15) is 0 Å².